The molecule has 0 aromatic heterocycles. The van der Waals surface area contributed by atoms with Gasteiger partial charge in [0.15, 0.2) is 0 Å². The first kappa shape index (κ1) is 47.5. The van der Waals surface area contributed by atoms with Crippen LogP contribution in [-0.4, -0.2) is 58.2 Å². The van der Waals surface area contributed by atoms with Crippen LogP contribution in [0.2, 0.25) is 0 Å². The lowest BCUT2D eigenvalue weighted by Gasteiger charge is -2.31. The minimum atomic E-state index is -1.54. The largest absolute Gasteiger partial charge is 0.488 e. The third-order valence-electron chi connectivity index (χ3n) is 13.5. The average Bonchev–Trinajstić information content (AvgIpc) is 3.27. The monoisotopic (exact) mass is 842 g/mol. The average molecular weight is 842 g/mol. The summed E-state index contributed by atoms with van der Waals surface area (Å²) in [6.45, 7) is 26.0. The highest BCUT2D eigenvalue weighted by Crippen LogP contribution is 2.27. The fourth-order valence-electron chi connectivity index (χ4n) is 8.94. The fraction of sp³-hybridized carbons (Fsp3) is 0.222. The van der Waals surface area contributed by atoms with Gasteiger partial charge in [-0.2, -0.15) is 0 Å². The first-order valence-electron chi connectivity index (χ1n) is 21.5. The van der Waals surface area contributed by atoms with Crippen molar-refractivity contribution in [3.05, 3.63) is 173 Å². The Hall–Kier alpha value is -5.98. The van der Waals surface area contributed by atoms with Crippen molar-refractivity contribution < 1.29 is 30.1 Å². The van der Waals surface area contributed by atoms with E-state index in [1.54, 1.807) is 72.8 Å². The van der Waals surface area contributed by atoms with E-state index >= 15 is 0 Å². The summed E-state index contributed by atoms with van der Waals surface area (Å²) in [4.78, 5) is 0. The van der Waals surface area contributed by atoms with E-state index in [4.69, 9.17) is 0 Å². The molecule has 0 amide bonds. The molecular formula is C54H54B4O6. The smallest absolute Gasteiger partial charge is 0.423 e. The standard InChI is InChI=1S/C54H54B4O6/c1-31-37(7)52(38(8)32(2)49(31)28-19-43-13-22-46(23-14-43)56(59)60)55(53-39(9)33(3)50(34(4)40(53)10)29-20-44-15-24-47(25-16-44)57(61)62)54-41(11)35(5)51(36(6)42(54)12)30-21-45-17-26-48(27-18-45)58(63)64/h13-18,22-27,59-64H,1-12H3. The highest BCUT2D eigenvalue weighted by molar-refractivity contribution is 6.97. The molecule has 0 spiro atoms. The van der Waals surface area contributed by atoms with E-state index < -0.39 is 21.4 Å². The third-order valence-corrected chi connectivity index (χ3v) is 13.5. The van der Waals surface area contributed by atoms with Crippen LogP contribution < -0.4 is 32.8 Å². The summed E-state index contributed by atoms with van der Waals surface area (Å²) in [5, 5.41) is 57.6. The van der Waals surface area contributed by atoms with Crippen molar-refractivity contribution in [3.8, 4) is 35.5 Å². The van der Waals surface area contributed by atoms with E-state index in [0.717, 1.165) is 66.8 Å². The molecule has 0 aliphatic carbocycles. The predicted molar refractivity (Wildman–Crippen MR) is 268 cm³/mol. The molecule has 6 aromatic carbocycles. The Balaban J connectivity index is 1.61. The van der Waals surface area contributed by atoms with Crippen molar-refractivity contribution in [2.75, 3.05) is 0 Å². The SMILES string of the molecule is Cc1c(C)c(B(c2c(C)c(C)c(C#Cc3ccc(B(O)O)cc3)c(C)c2C)c2c(C)c(C)c(C#Cc3ccc(B(O)O)cc3)c(C)c2C)c(C)c(C)c1C#Cc1ccc(B(O)O)cc1. The summed E-state index contributed by atoms with van der Waals surface area (Å²) in [5.41, 5.74) is 23.9. The first-order valence-corrected chi connectivity index (χ1v) is 21.5. The van der Waals surface area contributed by atoms with Crippen LogP contribution in [0.4, 0.5) is 0 Å². The second kappa shape index (κ2) is 19.4. The van der Waals surface area contributed by atoms with E-state index in [2.05, 4.69) is 119 Å². The lowest BCUT2D eigenvalue weighted by atomic mass is 9.32. The highest BCUT2D eigenvalue weighted by atomic mass is 16.4. The summed E-state index contributed by atoms with van der Waals surface area (Å²) in [6, 6.07) is 20.9. The Morgan fingerprint density at radius 1 is 0.266 bits per heavy atom. The molecule has 6 rings (SSSR count). The van der Waals surface area contributed by atoms with Crippen LogP contribution in [0.1, 0.15) is 100 Å². The minimum Gasteiger partial charge on any atom is -0.423 e. The molecular weight excluding hydrogens is 788 g/mol. The molecule has 6 aromatic rings. The molecule has 0 aliphatic rings. The van der Waals surface area contributed by atoms with Crippen LogP contribution in [0.5, 0.6) is 0 Å². The topological polar surface area (TPSA) is 121 Å². The van der Waals surface area contributed by atoms with Crippen molar-refractivity contribution in [2.45, 2.75) is 83.1 Å². The molecule has 10 heteroatoms. The molecule has 0 saturated carbocycles. The zero-order valence-corrected chi connectivity index (χ0v) is 38.9. The predicted octanol–water partition coefficient (Wildman–Crippen LogP) is 3.14. The second-order valence-corrected chi connectivity index (χ2v) is 17.0. The molecule has 0 saturated heterocycles. The van der Waals surface area contributed by atoms with Crippen LogP contribution in [0.25, 0.3) is 0 Å². The van der Waals surface area contributed by atoms with Gasteiger partial charge in [0.25, 0.3) is 0 Å². The molecule has 0 heterocycles. The van der Waals surface area contributed by atoms with E-state index in [9.17, 15) is 30.1 Å². The maximum Gasteiger partial charge on any atom is 0.488 e. The Morgan fingerprint density at radius 3 is 0.625 bits per heavy atom. The van der Waals surface area contributed by atoms with Crippen molar-refractivity contribution >= 4 is 60.8 Å². The van der Waals surface area contributed by atoms with Gasteiger partial charge in [-0.15, -0.1) is 0 Å². The molecule has 6 nitrogen and oxygen atoms in total. The van der Waals surface area contributed by atoms with Gasteiger partial charge >= 0.3 is 21.4 Å². The molecule has 0 bridgehead atoms. The van der Waals surface area contributed by atoms with Crippen LogP contribution >= 0.6 is 0 Å². The quantitative estimate of drug-likeness (QED) is 0.113. The highest BCUT2D eigenvalue weighted by Gasteiger charge is 2.35. The van der Waals surface area contributed by atoms with Gasteiger partial charge in [0, 0.05) is 33.4 Å². The summed E-state index contributed by atoms with van der Waals surface area (Å²) in [7, 11) is -4.61. The Morgan fingerprint density at radius 2 is 0.453 bits per heavy atom. The van der Waals surface area contributed by atoms with Gasteiger partial charge < -0.3 is 30.1 Å². The van der Waals surface area contributed by atoms with Gasteiger partial charge in [-0.05, 0) is 169 Å². The van der Waals surface area contributed by atoms with Crippen LogP contribution in [0.3, 0.4) is 0 Å². The zero-order valence-electron chi connectivity index (χ0n) is 38.9. The molecule has 0 atom stereocenters. The lowest BCUT2D eigenvalue weighted by molar-refractivity contribution is 0.424. The molecule has 0 radical (unpaired) electrons. The van der Waals surface area contributed by atoms with Gasteiger partial charge in [0.1, 0.15) is 0 Å². The van der Waals surface area contributed by atoms with Gasteiger partial charge in [-0.1, -0.05) is 122 Å². The van der Waals surface area contributed by atoms with Crippen LogP contribution in [0.15, 0.2) is 72.8 Å². The lowest BCUT2D eigenvalue weighted by Crippen LogP contribution is -2.58. The van der Waals surface area contributed by atoms with E-state index in [-0.39, 0.29) is 6.71 Å². The normalized spacial score (nSPS) is 10.6. The van der Waals surface area contributed by atoms with Crippen LogP contribution in [0, 0.1) is 119 Å². The van der Waals surface area contributed by atoms with Crippen molar-refractivity contribution in [1.82, 2.24) is 0 Å². The maximum atomic E-state index is 9.61. The van der Waals surface area contributed by atoms with Crippen molar-refractivity contribution in [1.29, 1.82) is 0 Å². The number of rotatable bonds is 6. The Labute approximate surface area is 381 Å². The molecule has 0 unspecified atom stereocenters. The Bertz CT molecular complexity index is 2580. The maximum absolute atomic E-state index is 9.61. The number of hydrogen-bond acceptors (Lipinski definition) is 6. The molecule has 318 valence electrons. The van der Waals surface area contributed by atoms with E-state index in [0.29, 0.717) is 16.4 Å². The summed E-state index contributed by atoms with van der Waals surface area (Å²) < 4.78 is 0. The minimum absolute atomic E-state index is 0.161. The molecule has 64 heavy (non-hydrogen) atoms. The first-order chi connectivity index (χ1) is 30.2. The van der Waals surface area contributed by atoms with E-state index in [1.165, 1.54) is 49.8 Å². The number of hydrogen-bond donors (Lipinski definition) is 6. The summed E-state index contributed by atoms with van der Waals surface area (Å²) in [5.74, 6) is 20.5. The molecule has 0 fully saturated rings. The molecule has 6 N–H and O–H groups in total. The Kier molecular flexibility index (Phi) is 14.4. The third kappa shape index (κ3) is 9.30. The number of benzene rings is 6. The zero-order chi connectivity index (χ0) is 46.9. The van der Waals surface area contributed by atoms with Crippen molar-refractivity contribution in [2.24, 2.45) is 0 Å². The van der Waals surface area contributed by atoms with E-state index in [1.807, 2.05) is 0 Å². The summed E-state index contributed by atoms with van der Waals surface area (Å²) in [6.07, 6.45) is 0. The van der Waals surface area contributed by atoms with Gasteiger partial charge in [0.05, 0.1) is 0 Å². The summed E-state index contributed by atoms with van der Waals surface area (Å²) >= 11 is 0. The van der Waals surface area contributed by atoms with Crippen molar-refractivity contribution in [3.63, 3.8) is 0 Å². The van der Waals surface area contributed by atoms with Gasteiger partial charge in [0.2, 0.25) is 6.71 Å². The second-order valence-electron chi connectivity index (χ2n) is 17.0. The van der Waals surface area contributed by atoms with Crippen LogP contribution in [-0.2, 0) is 0 Å². The van der Waals surface area contributed by atoms with Gasteiger partial charge in [-0.25, -0.2) is 0 Å². The van der Waals surface area contributed by atoms with Gasteiger partial charge in [-0.3, -0.25) is 0 Å². The molecule has 0 aliphatic heterocycles. The fourth-order valence-corrected chi connectivity index (χ4v) is 8.94.